The molecule has 0 fully saturated rings. The van der Waals surface area contributed by atoms with E-state index in [0.717, 1.165) is 11.3 Å². The van der Waals surface area contributed by atoms with E-state index >= 15 is 0 Å². The molecule has 0 radical (unpaired) electrons. The Balaban J connectivity index is 2.50. The molecule has 1 aromatic carbocycles. The Morgan fingerprint density at radius 3 is 2.82 bits per heavy atom. The van der Waals surface area contributed by atoms with E-state index in [4.69, 9.17) is 16.3 Å². The van der Waals surface area contributed by atoms with Crippen LogP contribution in [0.4, 0.5) is 0 Å². The first kappa shape index (κ1) is 11.7. The lowest BCUT2D eigenvalue weighted by molar-refractivity contribution is 0.340. The van der Waals surface area contributed by atoms with E-state index in [2.05, 4.69) is 4.98 Å². The van der Waals surface area contributed by atoms with Crippen molar-refractivity contribution < 1.29 is 4.74 Å². The molecule has 0 atom stereocenters. The van der Waals surface area contributed by atoms with Gasteiger partial charge in [0.05, 0.1) is 11.6 Å². The number of benzene rings is 1. The third kappa shape index (κ3) is 2.68. The normalized spacial score (nSPS) is 10.2. The van der Waals surface area contributed by atoms with E-state index in [9.17, 15) is 4.79 Å². The number of aromatic nitrogens is 1. The monoisotopic (exact) mass is 249 g/mol. The average molecular weight is 250 g/mol. The molecule has 0 aliphatic heterocycles. The van der Waals surface area contributed by atoms with E-state index in [1.165, 1.54) is 6.07 Å². The highest BCUT2D eigenvalue weighted by Gasteiger charge is 2.06. The molecule has 2 rings (SSSR count). The van der Waals surface area contributed by atoms with Crippen LogP contribution in [-0.2, 0) is 0 Å². The number of nitrogens with one attached hydrogen (secondary N) is 1. The highest BCUT2D eigenvalue weighted by molar-refractivity contribution is 6.33. The smallest absolute Gasteiger partial charge is 0.248 e. The second-order valence-corrected chi connectivity index (χ2v) is 3.91. The number of ether oxygens (including phenoxy) is 1. The summed E-state index contributed by atoms with van der Waals surface area (Å²) in [5.41, 5.74) is 1.29. The molecule has 3 nitrogen and oxygen atoms in total. The van der Waals surface area contributed by atoms with Gasteiger partial charge in [-0.15, -0.1) is 0 Å². The standard InChI is InChI=1S/C13H12ClNO2/c1-2-17-9-6-7-11(14)10(8-9)12-4-3-5-13(16)15-12/h3-8H,2H2,1H3,(H,15,16). The van der Waals surface area contributed by atoms with Crippen molar-refractivity contribution in [2.24, 2.45) is 0 Å². The van der Waals surface area contributed by atoms with Crippen molar-refractivity contribution in [2.75, 3.05) is 6.61 Å². The number of halogens is 1. The van der Waals surface area contributed by atoms with Gasteiger partial charge < -0.3 is 9.72 Å². The Labute approximate surface area is 104 Å². The largest absolute Gasteiger partial charge is 0.494 e. The Kier molecular flexibility index (Phi) is 3.49. The Morgan fingerprint density at radius 1 is 1.29 bits per heavy atom. The predicted octanol–water partition coefficient (Wildman–Crippen LogP) is 3.09. The Hall–Kier alpha value is -1.74. The lowest BCUT2D eigenvalue weighted by Gasteiger charge is -2.08. The lowest BCUT2D eigenvalue weighted by Crippen LogP contribution is -2.03. The summed E-state index contributed by atoms with van der Waals surface area (Å²) in [5, 5.41) is 0.579. The molecular weight excluding hydrogens is 238 g/mol. The van der Waals surface area contributed by atoms with Crippen molar-refractivity contribution in [3.8, 4) is 17.0 Å². The quantitative estimate of drug-likeness (QED) is 0.908. The molecule has 1 N–H and O–H groups in total. The fraction of sp³-hybridized carbons (Fsp3) is 0.154. The summed E-state index contributed by atoms with van der Waals surface area (Å²) in [7, 11) is 0. The van der Waals surface area contributed by atoms with Crippen LogP contribution >= 0.6 is 11.6 Å². The van der Waals surface area contributed by atoms with Gasteiger partial charge in [0.1, 0.15) is 5.75 Å². The zero-order valence-electron chi connectivity index (χ0n) is 9.37. The summed E-state index contributed by atoms with van der Waals surface area (Å²) in [4.78, 5) is 14.0. The predicted molar refractivity (Wildman–Crippen MR) is 68.7 cm³/mol. The van der Waals surface area contributed by atoms with Crippen LogP contribution in [0.3, 0.4) is 0 Å². The van der Waals surface area contributed by atoms with Crippen LogP contribution in [0.5, 0.6) is 5.75 Å². The first-order valence-corrected chi connectivity index (χ1v) is 5.70. The zero-order chi connectivity index (χ0) is 12.3. The second-order valence-electron chi connectivity index (χ2n) is 3.50. The Bertz CT molecular complexity index is 578. The van der Waals surface area contributed by atoms with Crippen molar-refractivity contribution >= 4 is 11.6 Å². The minimum Gasteiger partial charge on any atom is -0.494 e. The minimum absolute atomic E-state index is 0.152. The van der Waals surface area contributed by atoms with Crippen LogP contribution in [0, 0.1) is 0 Å². The summed E-state index contributed by atoms with van der Waals surface area (Å²) in [6, 6.07) is 10.3. The van der Waals surface area contributed by atoms with E-state index < -0.39 is 0 Å². The van der Waals surface area contributed by atoms with Gasteiger partial charge in [0.25, 0.3) is 0 Å². The summed E-state index contributed by atoms with van der Waals surface area (Å²) < 4.78 is 5.40. The highest BCUT2D eigenvalue weighted by Crippen LogP contribution is 2.29. The molecule has 0 bridgehead atoms. The number of aromatic amines is 1. The molecule has 1 aromatic heterocycles. The first-order valence-electron chi connectivity index (χ1n) is 5.33. The summed E-state index contributed by atoms with van der Waals surface area (Å²) in [6.45, 7) is 2.51. The molecule has 4 heteroatoms. The average Bonchev–Trinajstić information content (AvgIpc) is 2.32. The van der Waals surface area contributed by atoms with Gasteiger partial charge in [-0.3, -0.25) is 4.79 Å². The van der Waals surface area contributed by atoms with Gasteiger partial charge in [0.2, 0.25) is 5.56 Å². The molecule has 0 spiro atoms. The van der Waals surface area contributed by atoms with E-state index in [1.54, 1.807) is 24.3 Å². The molecular formula is C13H12ClNO2. The van der Waals surface area contributed by atoms with E-state index in [0.29, 0.717) is 17.3 Å². The third-order valence-corrected chi connectivity index (χ3v) is 2.64. The lowest BCUT2D eigenvalue weighted by atomic mass is 10.1. The summed E-state index contributed by atoms with van der Waals surface area (Å²) in [5.74, 6) is 0.733. The van der Waals surface area contributed by atoms with Crippen LogP contribution in [0.25, 0.3) is 11.3 Å². The van der Waals surface area contributed by atoms with E-state index in [1.807, 2.05) is 13.0 Å². The summed E-state index contributed by atoms with van der Waals surface area (Å²) >= 11 is 6.11. The van der Waals surface area contributed by atoms with Crippen molar-refractivity contribution in [3.05, 3.63) is 51.8 Å². The molecule has 0 aliphatic carbocycles. The number of rotatable bonds is 3. The third-order valence-electron chi connectivity index (χ3n) is 2.31. The van der Waals surface area contributed by atoms with Crippen molar-refractivity contribution in [2.45, 2.75) is 6.92 Å². The number of H-pyrrole nitrogens is 1. The van der Waals surface area contributed by atoms with Crippen molar-refractivity contribution in [3.63, 3.8) is 0 Å². The minimum atomic E-state index is -0.152. The number of pyridine rings is 1. The molecule has 88 valence electrons. The van der Waals surface area contributed by atoms with Gasteiger partial charge in [0.15, 0.2) is 0 Å². The van der Waals surface area contributed by atoms with Gasteiger partial charge >= 0.3 is 0 Å². The maximum Gasteiger partial charge on any atom is 0.248 e. The molecule has 0 saturated heterocycles. The number of hydrogen-bond donors (Lipinski definition) is 1. The molecule has 0 aliphatic rings. The van der Waals surface area contributed by atoms with Gasteiger partial charge in [-0.1, -0.05) is 17.7 Å². The molecule has 17 heavy (non-hydrogen) atoms. The van der Waals surface area contributed by atoms with Crippen molar-refractivity contribution in [1.82, 2.24) is 4.98 Å². The van der Waals surface area contributed by atoms with Crippen LogP contribution in [0.2, 0.25) is 5.02 Å². The fourth-order valence-corrected chi connectivity index (χ4v) is 1.79. The van der Waals surface area contributed by atoms with Gasteiger partial charge in [-0.2, -0.15) is 0 Å². The molecule has 0 amide bonds. The zero-order valence-corrected chi connectivity index (χ0v) is 10.1. The van der Waals surface area contributed by atoms with Crippen LogP contribution in [-0.4, -0.2) is 11.6 Å². The maximum absolute atomic E-state index is 11.3. The van der Waals surface area contributed by atoms with Crippen LogP contribution < -0.4 is 10.3 Å². The van der Waals surface area contributed by atoms with Crippen molar-refractivity contribution in [1.29, 1.82) is 0 Å². The SMILES string of the molecule is CCOc1ccc(Cl)c(-c2cccc(=O)[nH]2)c1. The fourth-order valence-electron chi connectivity index (χ4n) is 1.57. The van der Waals surface area contributed by atoms with Crippen LogP contribution in [0.1, 0.15) is 6.92 Å². The van der Waals surface area contributed by atoms with Gasteiger partial charge in [-0.05, 0) is 31.2 Å². The number of hydrogen-bond acceptors (Lipinski definition) is 2. The highest BCUT2D eigenvalue weighted by atomic mass is 35.5. The second kappa shape index (κ2) is 5.06. The van der Waals surface area contributed by atoms with Crippen LogP contribution in [0.15, 0.2) is 41.2 Å². The van der Waals surface area contributed by atoms with E-state index in [-0.39, 0.29) is 5.56 Å². The first-order chi connectivity index (χ1) is 8.20. The molecule has 1 heterocycles. The topological polar surface area (TPSA) is 42.1 Å². The Morgan fingerprint density at radius 2 is 2.12 bits per heavy atom. The summed E-state index contributed by atoms with van der Waals surface area (Å²) in [6.07, 6.45) is 0. The van der Waals surface area contributed by atoms with Gasteiger partial charge in [-0.25, -0.2) is 0 Å². The molecule has 0 saturated carbocycles. The molecule has 0 unspecified atom stereocenters. The molecule has 2 aromatic rings. The van der Waals surface area contributed by atoms with Gasteiger partial charge in [0, 0.05) is 17.3 Å². The maximum atomic E-state index is 11.3.